The van der Waals surface area contributed by atoms with Gasteiger partial charge in [0.1, 0.15) is 4.90 Å². The third kappa shape index (κ3) is 5.42. The molecule has 1 fully saturated rings. The first-order valence-corrected chi connectivity index (χ1v) is 10.8. The Labute approximate surface area is 158 Å². The average molecular weight is 401 g/mol. The van der Waals surface area contributed by atoms with Crippen LogP contribution < -0.4 is 10.6 Å². The number of carbonyl (C=O) groups is 2. The summed E-state index contributed by atoms with van der Waals surface area (Å²) in [4.78, 5) is 27.3. The number of hydrogen-bond acceptors (Lipinski definition) is 6. The van der Waals surface area contributed by atoms with Crippen LogP contribution in [0.5, 0.6) is 0 Å². The zero-order valence-electron chi connectivity index (χ0n) is 14.9. The smallest absolute Gasteiger partial charge is 0.321 e. The molecule has 8 nitrogen and oxygen atoms in total. The molecule has 0 aliphatic carbocycles. The Bertz CT molecular complexity index is 729. The number of nitrogens with zero attached hydrogens (tertiary/aromatic N) is 2. The lowest BCUT2D eigenvalue weighted by Gasteiger charge is -2.19. The van der Waals surface area contributed by atoms with Gasteiger partial charge in [-0.05, 0) is 31.9 Å². The molecule has 1 aromatic heterocycles. The molecule has 0 unspecified atom stereocenters. The lowest BCUT2D eigenvalue weighted by molar-refractivity contribution is -0.119. The van der Waals surface area contributed by atoms with Crippen LogP contribution in [0.4, 0.5) is 4.79 Å². The summed E-state index contributed by atoms with van der Waals surface area (Å²) in [5.41, 5.74) is 0. The fourth-order valence-electron chi connectivity index (χ4n) is 2.53. The van der Waals surface area contributed by atoms with Gasteiger partial charge in [0.05, 0.1) is 10.3 Å². The standard InChI is InChI=1S/C16H24N4O4S2/c1-12(15(21)19-16(22)17-2)25-14-8-7-13(11-18-14)26(23,24)20-9-5-3-4-6-10-20/h7-8,11-12H,3-6,9-10H2,1-2H3,(H2,17,19,21,22)/t12-/m0/s1. The summed E-state index contributed by atoms with van der Waals surface area (Å²) in [6.07, 6.45) is 5.18. The zero-order valence-corrected chi connectivity index (χ0v) is 16.5. The predicted octanol–water partition coefficient (Wildman–Crippen LogP) is 1.58. The molecule has 10 heteroatoms. The van der Waals surface area contributed by atoms with E-state index in [2.05, 4.69) is 15.6 Å². The molecule has 0 saturated carbocycles. The first-order chi connectivity index (χ1) is 12.3. The molecule has 0 radical (unpaired) electrons. The second-order valence-electron chi connectivity index (χ2n) is 5.98. The van der Waals surface area contributed by atoms with Crippen molar-refractivity contribution in [3.05, 3.63) is 18.3 Å². The van der Waals surface area contributed by atoms with Gasteiger partial charge in [-0.2, -0.15) is 4.31 Å². The number of carbonyl (C=O) groups excluding carboxylic acids is 2. The van der Waals surface area contributed by atoms with Crippen molar-refractivity contribution in [3.8, 4) is 0 Å². The minimum absolute atomic E-state index is 0.159. The first-order valence-electron chi connectivity index (χ1n) is 8.50. The molecule has 1 saturated heterocycles. The first kappa shape index (κ1) is 20.7. The number of amides is 3. The number of thioether (sulfide) groups is 1. The topological polar surface area (TPSA) is 108 Å². The van der Waals surface area contributed by atoms with Crippen LogP contribution in [-0.4, -0.2) is 55.0 Å². The number of pyridine rings is 1. The Kier molecular flexibility index (Phi) is 7.42. The highest BCUT2D eigenvalue weighted by Crippen LogP contribution is 2.24. The van der Waals surface area contributed by atoms with Crippen LogP contribution >= 0.6 is 11.8 Å². The molecule has 1 atom stereocenters. The largest absolute Gasteiger partial charge is 0.341 e. The molecule has 1 aliphatic rings. The van der Waals surface area contributed by atoms with Crippen molar-refractivity contribution in [2.75, 3.05) is 20.1 Å². The second-order valence-corrected chi connectivity index (χ2v) is 9.28. The summed E-state index contributed by atoms with van der Waals surface area (Å²) in [6.45, 7) is 2.72. The lowest BCUT2D eigenvalue weighted by atomic mass is 10.2. The van der Waals surface area contributed by atoms with E-state index in [1.807, 2.05) is 0 Å². The maximum Gasteiger partial charge on any atom is 0.321 e. The van der Waals surface area contributed by atoms with Crippen molar-refractivity contribution in [2.24, 2.45) is 0 Å². The average Bonchev–Trinajstić information content (AvgIpc) is 2.92. The SMILES string of the molecule is CNC(=O)NC(=O)[C@H](C)Sc1ccc(S(=O)(=O)N2CCCCCC2)cn1. The molecule has 144 valence electrons. The third-order valence-electron chi connectivity index (χ3n) is 4.04. The number of aromatic nitrogens is 1. The molecular weight excluding hydrogens is 376 g/mol. The Hall–Kier alpha value is -1.65. The molecule has 2 rings (SSSR count). The van der Waals surface area contributed by atoms with E-state index in [0.29, 0.717) is 18.1 Å². The van der Waals surface area contributed by atoms with Gasteiger partial charge in [0.25, 0.3) is 0 Å². The van der Waals surface area contributed by atoms with Gasteiger partial charge < -0.3 is 5.32 Å². The normalized spacial score (nSPS) is 17.2. The van der Waals surface area contributed by atoms with Crippen molar-refractivity contribution >= 4 is 33.7 Å². The Balaban J connectivity index is 2.03. The quantitative estimate of drug-likeness (QED) is 0.727. The summed E-state index contributed by atoms with van der Waals surface area (Å²) in [7, 11) is -2.11. The van der Waals surface area contributed by atoms with Gasteiger partial charge in [-0.25, -0.2) is 18.2 Å². The third-order valence-corrected chi connectivity index (χ3v) is 6.98. The molecule has 2 heterocycles. The van der Waals surface area contributed by atoms with Crippen molar-refractivity contribution in [1.29, 1.82) is 0 Å². The molecule has 0 aromatic carbocycles. The predicted molar refractivity (Wildman–Crippen MR) is 99.4 cm³/mol. The minimum atomic E-state index is -3.54. The van der Waals surface area contributed by atoms with Crippen LogP contribution in [0, 0.1) is 0 Å². The van der Waals surface area contributed by atoms with E-state index in [4.69, 9.17) is 0 Å². The molecule has 1 aromatic rings. The van der Waals surface area contributed by atoms with E-state index in [0.717, 1.165) is 37.4 Å². The molecule has 1 aliphatic heterocycles. The van der Waals surface area contributed by atoms with Crippen molar-refractivity contribution in [2.45, 2.75) is 47.8 Å². The van der Waals surface area contributed by atoms with Gasteiger partial charge >= 0.3 is 6.03 Å². The Morgan fingerprint density at radius 1 is 1.19 bits per heavy atom. The highest BCUT2D eigenvalue weighted by Gasteiger charge is 2.25. The van der Waals surface area contributed by atoms with E-state index >= 15 is 0 Å². The van der Waals surface area contributed by atoms with Gasteiger partial charge in [0.15, 0.2) is 0 Å². The summed E-state index contributed by atoms with van der Waals surface area (Å²) >= 11 is 1.15. The molecule has 3 amide bonds. The highest BCUT2D eigenvalue weighted by atomic mass is 32.2. The number of imide groups is 1. The summed E-state index contributed by atoms with van der Waals surface area (Å²) in [6, 6.07) is 2.52. The van der Waals surface area contributed by atoms with Gasteiger partial charge in [0, 0.05) is 26.3 Å². The second kappa shape index (κ2) is 9.33. The van der Waals surface area contributed by atoms with Gasteiger partial charge in [0.2, 0.25) is 15.9 Å². The lowest BCUT2D eigenvalue weighted by Crippen LogP contribution is -2.41. The van der Waals surface area contributed by atoms with Crippen LogP contribution in [0.15, 0.2) is 28.3 Å². The van der Waals surface area contributed by atoms with Crippen molar-refractivity contribution in [3.63, 3.8) is 0 Å². The molecule has 2 N–H and O–H groups in total. The Morgan fingerprint density at radius 2 is 1.85 bits per heavy atom. The number of nitrogens with one attached hydrogen (secondary N) is 2. The van der Waals surface area contributed by atoms with E-state index in [-0.39, 0.29) is 4.90 Å². The molecule has 0 spiro atoms. The van der Waals surface area contributed by atoms with Crippen LogP contribution in [0.25, 0.3) is 0 Å². The zero-order chi connectivity index (χ0) is 19.2. The monoisotopic (exact) mass is 400 g/mol. The maximum atomic E-state index is 12.7. The van der Waals surface area contributed by atoms with E-state index < -0.39 is 27.2 Å². The van der Waals surface area contributed by atoms with Crippen LogP contribution in [0.3, 0.4) is 0 Å². The fourth-order valence-corrected chi connectivity index (χ4v) is 4.78. The number of rotatable bonds is 5. The highest BCUT2D eigenvalue weighted by molar-refractivity contribution is 8.00. The summed E-state index contributed by atoms with van der Waals surface area (Å²) in [5, 5.41) is 4.47. The summed E-state index contributed by atoms with van der Waals surface area (Å²) < 4.78 is 26.9. The van der Waals surface area contributed by atoms with Crippen LogP contribution in [0.1, 0.15) is 32.6 Å². The van der Waals surface area contributed by atoms with Gasteiger partial charge in [-0.1, -0.05) is 24.6 Å². The summed E-state index contributed by atoms with van der Waals surface area (Å²) in [5.74, 6) is -0.447. The molecule has 26 heavy (non-hydrogen) atoms. The maximum absolute atomic E-state index is 12.7. The minimum Gasteiger partial charge on any atom is -0.341 e. The number of hydrogen-bond donors (Lipinski definition) is 2. The molecule has 0 bridgehead atoms. The number of urea groups is 1. The van der Waals surface area contributed by atoms with Gasteiger partial charge in [-0.3, -0.25) is 10.1 Å². The fraction of sp³-hybridized carbons (Fsp3) is 0.562. The van der Waals surface area contributed by atoms with Crippen molar-refractivity contribution in [1.82, 2.24) is 19.9 Å². The molecular formula is C16H24N4O4S2. The van der Waals surface area contributed by atoms with Crippen molar-refractivity contribution < 1.29 is 18.0 Å². The van der Waals surface area contributed by atoms with Gasteiger partial charge in [-0.15, -0.1) is 0 Å². The van der Waals surface area contributed by atoms with Crippen LogP contribution in [0.2, 0.25) is 0 Å². The van der Waals surface area contributed by atoms with E-state index in [9.17, 15) is 18.0 Å². The Morgan fingerprint density at radius 3 is 2.38 bits per heavy atom. The van der Waals surface area contributed by atoms with Crippen LogP contribution in [-0.2, 0) is 14.8 Å². The van der Waals surface area contributed by atoms with E-state index in [1.54, 1.807) is 13.0 Å². The number of sulfonamides is 1. The van der Waals surface area contributed by atoms with E-state index in [1.165, 1.54) is 23.6 Å².